The molecule has 0 saturated heterocycles. The van der Waals surface area contributed by atoms with Gasteiger partial charge in [0.2, 0.25) is 0 Å². The second-order valence-electron chi connectivity index (χ2n) is 3.70. The van der Waals surface area contributed by atoms with Gasteiger partial charge in [-0.3, -0.25) is 0 Å². The molecule has 1 rings (SSSR count). The molecule has 0 bridgehead atoms. The second kappa shape index (κ2) is 6.05. The number of hydrogen-bond acceptors (Lipinski definition) is 3. The van der Waals surface area contributed by atoms with Gasteiger partial charge in [0.1, 0.15) is 0 Å². The summed E-state index contributed by atoms with van der Waals surface area (Å²) in [5.74, 6) is 0.254. The third-order valence-electron chi connectivity index (χ3n) is 2.20. The first-order valence-corrected chi connectivity index (χ1v) is 5.07. The predicted molar refractivity (Wildman–Crippen MR) is 60.5 cm³/mol. The van der Waals surface area contributed by atoms with Crippen molar-refractivity contribution in [2.75, 3.05) is 18.5 Å². The largest absolute Gasteiger partial charge is 0.396 e. The molecule has 0 fully saturated rings. The Bertz CT molecular complexity index is 326. The lowest BCUT2D eigenvalue weighted by molar-refractivity contribution is 0.244. The van der Waals surface area contributed by atoms with Crippen molar-refractivity contribution >= 4 is 5.69 Å². The summed E-state index contributed by atoms with van der Waals surface area (Å²) in [7, 11) is 0. The molecule has 1 atom stereocenters. The summed E-state index contributed by atoms with van der Waals surface area (Å²) >= 11 is 0. The van der Waals surface area contributed by atoms with Crippen molar-refractivity contribution in [1.82, 2.24) is 0 Å². The molecule has 80 valence electrons. The maximum Gasteiger partial charge on any atom is 0.0669 e. The first kappa shape index (κ1) is 11.5. The number of rotatable bonds is 5. The van der Waals surface area contributed by atoms with Crippen molar-refractivity contribution in [3.63, 3.8) is 0 Å². The third kappa shape index (κ3) is 4.01. The molecule has 1 unspecified atom stereocenters. The maximum absolute atomic E-state index is 8.85. The number of hydrogen-bond donors (Lipinski definition) is 2. The molecule has 15 heavy (non-hydrogen) atoms. The van der Waals surface area contributed by atoms with Gasteiger partial charge in [-0.1, -0.05) is 19.1 Å². The molecule has 0 aliphatic carbocycles. The van der Waals surface area contributed by atoms with Crippen LogP contribution in [0.2, 0.25) is 0 Å². The predicted octanol–water partition coefficient (Wildman–Crippen LogP) is 1.79. The van der Waals surface area contributed by atoms with Gasteiger partial charge in [-0.25, -0.2) is 0 Å². The van der Waals surface area contributed by atoms with Crippen LogP contribution in [0.3, 0.4) is 0 Å². The Morgan fingerprint density at radius 3 is 2.60 bits per heavy atom. The quantitative estimate of drug-likeness (QED) is 0.768. The van der Waals surface area contributed by atoms with Gasteiger partial charge in [-0.15, -0.1) is 0 Å². The van der Waals surface area contributed by atoms with Crippen LogP contribution in [0.5, 0.6) is 0 Å². The van der Waals surface area contributed by atoms with Crippen molar-refractivity contribution < 1.29 is 5.11 Å². The lowest BCUT2D eigenvalue weighted by Crippen LogP contribution is -2.14. The Labute approximate surface area is 90.4 Å². The van der Waals surface area contributed by atoms with Crippen LogP contribution < -0.4 is 5.32 Å². The highest BCUT2D eigenvalue weighted by Gasteiger charge is 1.99. The lowest BCUT2D eigenvalue weighted by Gasteiger charge is -2.10. The monoisotopic (exact) mass is 204 g/mol. The molecule has 0 radical (unpaired) electrons. The van der Waals surface area contributed by atoms with E-state index < -0.39 is 0 Å². The summed E-state index contributed by atoms with van der Waals surface area (Å²) in [4.78, 5) is 0. The molecule has 0 aliphatic heterocycles. The van der Waals surface area contributed by atoms with Gasteiger partial charge in [0.25, 0.3) is 0 Å². The fraction of sp³-hybridized carbons (Fsp3) is 0.417. The molecule has 3 nitrogen and oxygen atoms in total. The van der Waals surface area contributed by atoms with Gasteiger partial charge >= 0.3 is 0 Å². The molecule has 0 spiro atoms. The van der Waals surface area contributed by atoms with Crippen molar-refractivity contribution in [1.29, 1.82) is 5.26 Å². The summed E-state index contributed by atoms with van der Waals surface area (Å²) in [6.07, 6.45) is 0.452. The van der Waals surface area contributed by atoms with E-state index in [0.717, 1.165) is 17.8 Å². The van der Waals surface area contributed by atoms with E-state index in [1.807, 2.05) is 31.2 Å². The van der Waals surface area contributed by atoms with E-state index in [1.165, 1.54) is 0 Å². The lowest BCUT2D eigenvalue weighted by atomic mass is 10.1. The van der Waals surface area contributed by atoms with Crippen LogP contribution in [0, 0.1) is 17.2 Å². The van der Waals surface area contributed by atoms with Crippen LogP contribution in [0.4, 0.5) is 5.69 Å². The van der Waals surface area contributed by atoms with Crippen LogP contribution in [-0.2, 0) is 6.42 Å². The number of nitriles is 1. The summed E-state index contributed by atoms with van der Waals surface area (Å²) < 4.78 is 0. The molecule has 0 aliphatic rings. The van der Waals surface area contributed by atoms with Crippen molar-refractivity contribution in [2.45, 2.75) is 13.3 Å². The average molecular weight is 204 g/mol. The topological polar surface area (TPSA) is 56.0 Å². The van der Waals surface area contributed by atoms with Crippen LogP contribution >= 0.6 is 0 Å². The normalized spacial score (nSPS) is 11.8. The SMILES string of the molecule is CC(CO)CNc1ccc(CC#N)cc1. The van der Waals surface area contributed by atoms with E-state index in [9.17, 15) is 0 Å². The van der Waals surface area contributed by atoms with Crippen LogP contribution in [0.1, 0.15) is 12.5 Å². The zero-order valence-electron chi connectivity index (χ0n) is 8.90. The van der Waals surface area contributed by atoms with Crippen molar-refractivity contribution in [2.24, 2.45) is 5.92 Å². The Kier molecular flexibility index (Phi) is 4.65. The van der Waals surface area contributed by atoms with E-state index in [1.54, 1.807) is 0 Å². The fourth-order valence-corrected chi connectivity index (χ4v) is 1.19. The molecule has 3 heteroatoms. The number of aliphatic hydroxyl groups is 1. The summed E-state index contributed by atoms with van der Waals surface area (Å²) in [6, 6.07) is 9.90. The fourth-order valence-electron chi connectivity index (χ4n) is 1.19. The van der Waals surface area contributed by atoms with E-state index in [4.69, 9.17) is 10.4 Å². The minimum atomic E-state index is 0.194. The Balaban J connectivity index is 2.46. The van der Waals surface area contributed by atoms with Gasteiger partial charge in [-0.2, -0.15) is 5.26 Å². The Morgan fingerprint density at radius 2 is 2.07 bits per heavy atom. The summed E-state index contributed by atoms with van der Waals surface area (Å²) in [5.41, 5.74) is 2.05. The molecule has 1 aromatic carbocycles. The van der Waals surface area contributed by atoms with Crippen LogP contribution in [-0.4, -0.2) is 18.3 Å². The molecule has 1 aromatic rings. The van der Waals surface area contributed by atoms with Gasteiger partial charge in [0.15, 0.2) is 0 Å². The number of nitrogens with zero attached hydrogens (tertiary/aromatic N) is 1. The van der Waals surface area contributed by atoms with Crippen LogP contribution in [0.25, 0.3) is 0 Å². The molecular formula is C12H16N2O. The Morgan fingerprint density at radius 1 is 1.40 bits per heavy atom. The molecule has 0 saturated carbocycles. The third-order valence-corrected chi connectivity index (χ3v) is 2.20. The first-order chi connectivity index (χ1) is 7.26. The molecule has 0 aromatic heterocycles. The van der Waals surface area contributed by atoms with Gasteiger partial charge in [-0.05, 0) is 23.6 Å². The zero-order chi connectivity index (χ0) is 11.1. The molecular weight excluding hydrogens is 188 g/mol. The average Bonchev–Trinajstić information content (AvgIpc) is 2.28. The van der Waals surface area contributed by atoms with Gasteiger partial charge in [0.05, 0.1) is 12.5 Å². The van der Waals surface area contributed by atoms with Gasteiger partial charge < -0.3 is 10.4 Å². The van der Waals surface area contributed by atoms with Gasteiger partial charge in [0, 0.05) is 18.8 Å². The number of anilines is 1. The number of benzene rings is 1. The molecule has 2 N–H and O–H groups in total. The summed E-state index contributed by atoms with van der Waals surface area (Å²) in [5, 5.41) is 20.6. The van der Waals surface area contributed by atoms with Crippen molar-refractivity contribution in [3.8, 4) is 6.07 Å². The highest BCUT2D eigenvalue weighted by molar-refractivity contribution is 5.44. The van der Waals surface area contributed by atoms with Crippen molar-refractivity contribution in [3.05, 3.63) is 29.8 Å². The first-order valence-electron chi connectivity index (χ1n) is 5.07. The standard InChI is InChI=1S/C12H16N2O/c1-10(9-15)8-14-12-4-2-11(3-5-12)6-7-13/h2-5,10,14-15H,6,8-9H2,1H3. The smallest absolute Gasteiger partial charge is 0.0669 e. The van der Waals surface area contributed by atoms with E-state index >= 15 is 0 Å². The Hall–Kier alpha value is -1.53. The minimum Gasteiger partial charge on any atom is -0.396 e. The number of nitrogens with one attached hydrogen (secondary N) is 1. The van der Waals surface area contributed by atoms with E-state index in [2.05, 4.69) is 11.4 Å². The second-order valence-corrected chi connectivity index (χ2v) is 3.70. The van der Waals surface area contributed by atoms with E-state index in [0.29, 0.717) is 6.42 Å². The highest BCUT2D eigenvalue weighted by atomic mass is 16.3. The summed E-state index contributed by atoms with van der Waals surface area (Å²) in [6.45, 7) is 2.94. The van der Waals surface area contributed by atoms with E-state index in [-0.39, 0.29) is 12.5 Å². The maximum atomic E-state index is 8.85. The van der Waals surface area contributed by atoms with Crippen LogP contribution in [0.15, 0.2) is 24.3 Å². The molecule has 0 amide bonds. The minimum absolute atomic E-state index is 0.194. The number of aliphatic hydroxyl groups excluding tert-OH is 1. The molecule has 0 heterocycles. The zero-order valence-corrected chi connectivity index (χ0v) is 8.90. The highest BCUT2D eigenvalue weighted by Crippen LogP contribution is 2.10.